The quantitative estimate of drug-likeness (QED) is 0.645. The summed E-state index contributed by atoms with van der Waals surface area (Å²) in [5, 5.41) is 8.68. The lowest BCUT2D eigenvalue weighted by molar-refractivity contribution is 0.356. The van der Waals surface area contributed by atoms with Crippen molar-refractivity contribution in [2.75, 3.05) is 0 Å². The van der Waals surface area contributed by atoms with E-state index in [0.717, 1.165) is 17.9 Å². The molecule has 1 fully saturated rings. The van der Waals surface area contributed by atoms with Gasteiger partial charge in [0.2, 0.25) is 0 Å². The second-order valence-corrected chi connectivity index (χ2v) is 8.27. The minimum atomic E-state index is -3.83. The van der Waals surface area contributed by atoms with Crippen LogP contribution in [-0.4, -0.2) is 8.42 Å². The first-order chi connectivity index (χ1) is 12.1. The van der Waals surface area contributed by atoms with Gasteiger partial charge in [-0.2, -0.15) is 5.26 Å². The molecule has 0 radical (unpaired) electrons. The predicted octanol–water partition coefficient (Wildman–Crippen LogP) is 4.24. The molecule has 1 saturated carbocycles. The van der Waals surface area contributed by atoms with Crippen LogP contribution < -0.4 is 4.72 Å². The van der Waals surface area contributed by atoms with Gasteiger partial charge in [-0.15, -0.1) is 0 Å². The van der Waals surface area contributed by atoms with Gasteiger partial charge in [0.05, 0.1) is 4.90 Å². The van der Waals surface area contributed by atoms with Crippen LogP contribution in [0.5, 0.6) is 0 Å². The summed E-state index contributed by atoms with van der Waals surface area (Å²) in [6.45, 7) is 0. The smallest absolute Gasteiger partial charge is 0.215 e. The molecule has 0 spiro atoms. The monoisotopic (exact) mass is 354 g/mol. The number of benzene rings is 2. The minimum Gasteiger partial charge on any atom is -0.215 e. The summed E-state index contributed by atoms with van der Waals surface area (Å²) in [7, 11) is -3.83. The van der Waals surface area contributed by atoms with Crippen molar-refractivity contribution in [2.24, 2.45) is 5.92 Å². The molecule has 1 N–H and O–H groups in total. The van der Waals surface area contributed by atoms with Crippen LogP contribution in [0, 0.1) is 17.4 Å². The van der Waals surface area contributed by atoms with E-state index < -0.39 is 10.0 Å². The van der Waals surface area contributed by atoms with Crippen molar-refractivity contribution in [3.05, 3.63) is 54.1 Å². The Morgan fingerprint density at radius 2 is 1.68 bits per heavy atom. The van der Waals surface area contributed by atoms with Gasteiger partial charge < -0.3 is 0 Å². The summed E-state index contributed by atoms with van der Waals surface area (Å²) >= 11 is 0. The van der Waals surface area contributed by atoms with Crippen LogP contribution in [0.25, 0.3) is 11.1 Å². The summed E-state index contributed by atoms with van der Waals surface area (Å²) in [6.07, 6.45) is 9.24. The fourth-order valence-electron chi connectivity index (χ4n) is 3.60. The van der Waals surface area contributed by atoms with Crippen molar-refractivity contribution in [2.45, 2.75) is 43.4 Å². The molecule has 1 aliphatic carbocycles. The van der Waals surface area contributed by atoms with Crippen LogP contribution in [0.4, 0.5) is 0 Å². The van der Waals surface area contributed by atoms with E-state index in [1.807, 2.05) is 16.9 Å². The summed E-state index contributed by atoms with van der Waals surface area (Å²) in [4.78, 5) is 0.122. The molecule has 0 saturated heterocycles. The molecule has 3 rings (SSSR count). The highest BCUT2D eigenvalue weighted by Crippen LogP contribution is 2.30. The van der Waals surface area contributed by atoms with Crippen LogP contribution in [0.2, 0.25) is 0 Å². The molecule has 0 unspecified atom stereocenters. The molecule has 0 aliphatic heterocycles. The lowest BCUT2D eigenvalue weighted by atomic mass is 9.84. The molecule has 4 nitrogen and oxygen atoms in total. The van der Waals surface area contributed by atoms with Crippen molar-refractivity contribution < 1.29 is 8.42 Å². The molecule has 0 aromatic heterocycles. The zero-order valence-corrected chi connectivity index (χ0v) is 14.9. The predicted molar refractivity (Wildman–Crippen MR) is 98.1 cm³/mol. The van der Waals surface area contributed by atoms with E-state index in [1.54, 1.807) is 18.2 Å². The van der Waals surface area contributed by atoms with Gasteiger partial charge in [0, 0.05) is 5.56 Å². The van der Waals surface area contributed by atoms with Crippen molar-refractivity contribution >= 4 is 10.0 Å². The number of rotatable bonds is 5. The molecule has 1 aliphatic rings. The summed E-state index contributed by atoms with van der Waals surface area (Å²) in [5.74, 6) is 0.770. The SMILES string of the molecule is N#CNS(=O)(=O)c1ccccc1-c1ccc(CC2CCCCC2)cc1. The van der Waals surface area contributed by atoms with Crippen LogP contribution in [0.1, 0.15) is 37.7 Å². The molecular formula is C20H22N2O2S. The van der Waals surface area contributed by atoms with Gasteiger partial charge in [-0.25, -0.2) is 13.1 Å². The molecule has 0 atom stereocenters. The molecule has 0 bridgehead atoms. The number of nitrogens with zero attached hydrogens (tertiary/aromatic N) is 1. The lowest BCUT2D eigenvalue weighted by Gasteiger charge is -2.21. The van der Waals surface area contributed by atoms with E-state index in [2.05, 4.69) is 12.1 Å². The Morgan fingerprint density at radius 3 is 2.36 bits per heavy atom. The Kier molecular flexibility index (Phi) is 5.40. The van der Waals surface area contributed by atoms with Gasteiger partial charge >= 0.3 is 0 Å². The third kappa shape index (κ3) is 4.21. The van der Waals surface area contributed by atoms with E-state index in [4.69, 9.17) is 5.26 Å². The van der Waals surface area contributed by atoms with Gasteiger partial charge in [-0.1, -0.05) is 74.6 Å². The molecule has 2 aromatic carbocycles. The van der Waals surface area contributed by atoms with Crippen molar-refractivity contribution in [1.82, 2.24) is 4.72 Å². The first kappa shape index (κ1) is 17.5. The van der Waals surface area contributed by atoms with E-state index in [-0.39, 0.29) is 4.90 Å². The Hall–Kier alpha value is -2.32. The Bertz CT molecular complexity index is 861. The number of nitriles is 1. The molecule has 0 heterocycles. The van der Waals surface area contributed by atoms with Crippen LogP contribution >= 0.6 is 0 Å². The summed E-state index contributed by atoms with van der Waals surface area (Å²) in [5.41, 5.74) is 2.74. The summed E-state index contributed by atoms with van der Waals surface area (Å²) < 4.78 is 26.3. The van der Waals surface area contributed by atoms with Gasteiger partial charge in [-0.05, 0) is 29.5 Å². The molecule has 25 heavy (non-hydrogen) atoms. The zero-order valence-electron chi connectivity index (χ0n) is 14.1. The highest BCUT2D eigenvalue weighted by molar-refractivity contribution is 7.89. The Morgan fingerprint density at radius 1 is 1.00 bits per heavy atom. The van der Waals surface area contributed by atoms with Crippen molar-refractivity contribution in [3.63, 3.8) is 0 Å². The molecule has 130 valence electrons. The van der Waals surface area contributed by atoms with Crippen LogP contribution in [0.15, 0.2) is 53.4 Å². The average molecular weight is 354 g/mol. The van der Waals surface area contributed by atoms with E-state index in [1.165, 1.54) is 49.9 Å². The maximum absolute atomic E-state index is 12.2. The van der Waals surface area contributed by atoms with Gasteiger partial charge in [0.15, 0.2) is 6.19 Å². The maximum atomic E-state index is 12.2. The highest BCUT2D eigenvalue weighted by Gasteiger charge is 2.19. The number of sulfonamides is 1. The van der Waals surface area contributed by atoms with Crippen molar-refractivity contribution in [3.8, 4) is 17.3 Å². The van der Waals surface area contributed by atoms with Gasteiger partial charge in [0.1, 0.15) is 0 Å². The fraction of sp³-hybridized carbons (Fsp3) is 0.350. The van der Waals surface area contributed by atoms with E-state index in [9.17, 15) is 8.42 Å². The maximum Gasteiger partial charge on any atom is 0.270 e. The first-order valence-electron chi connectivity index (χ1n) is 8.69. The highest BCUT2D eigenvalue weighted by atomic mass is 32.2. The molecule has 2 aromatic rings. The standard InChI is InChI=1S/C20H22N2O2S/c21-15-22-25(23,24)20-9-5-4-8-19(20)18-12-10-17(11-13-18)14-16-6-2-1-3-7-16/h4-5,8-13,16,22H,1-3,6-7,14H2. The zero-order chi connectivity index (χ0) is 17.7. The fourth-order valence-corrected chi connectivity index (χ4v) is 4.56. The molecular weight excluding hydrogens is 332 g/mol. The third-order valence-corrected chi connectivity index (χ3v) is 6.17. The normalized spacial score (nSPS) is 15.5. The van der Waals surface area contributed by atoms with Gasteiger partial charge in [0.25, 0.3) is 10.0 Å². The largest absolute Gasteiger partial charge is 0.270 e. The minimum absolute atomic E-state index is 0.122. The molecule has 5 heteroatoms. The lowest BCUT2D eigenvalue weighted by Crippen LogP contribution is -2.18. The topological polar surface area (TPSA) is 70.0 Å². The first-order valence-corrected chi connectivity index (χ1v) is 10.2. The van der Waals surface area contributed by atoms with E-state index >= 15 is 0 Å². The third-order valence-electron chi connectivity index (χ3n) is 4.87. The van der Waals surface area contributed by atoms with E-state index in [0.29, 0.717) is 5.56 Å². The Balaban J connectivity index is 1.84. The average Bonchev–Trinajstić information content (AvgIpc) is 2.63. The number of hydrogen-bond acceptors (Lipinski definition) is 3. The number of hydrogen-bond donors (Lipinski definition) is 1. The number of nitrogens with one attached hydrogen (secondary N) is 1. The van der Waals surface area contributed by atoms with Crippen LogP contribution in [-0.2, 0) is 16.4 Å². The van der Waals surface area contributed by atoms with Gasteiger partial charge in [-0.3, -0.25) is 0 Å². The second-order valence-electron chi connectivity index (χ2n) is 6.62. The van der Waals surface area contributed by atoms with Crippen molar-refractivity contribution in [1.29, 1.82) is 5.26 Å². The summed E-state index contributed by atoms with van der Waals surface area (Å²) in [6, 6.07) is 14.9. The Labute approximate surface area is 149 Å². The molecule has 0 amide bonds. The second kappa shape index (κ2) is 7.71. The van der Waals surface area contributed by atoms with Crippen LogP contribution in [0.3, 0.4) is 0 Å².